The molecule has 30 heavy (non-hydrogen) atoms. The third-order valence-electron chi connectivity index (χ3n) is 4.68. The van der Waals surface area contributed by atoms with Crippen LogP contribution in [0.3, 0.4) is 0 Å². The number of halogens is 3. The van der Waals surface area contributed by atoms with Crippen molar-refractivity contribution in [3.8, 4) is 5.75 Å². The number of benzene rings is 2. The number of carbonyl (C=O) groups excluding carboxylic acids is 2. The summed E-state index contributed by atoms with van der Waals surface area (Å²) in [4.78, 5) is 27.0. The highest BCUT2D eigenvalue weighted by atomic mass is 35.5. The molecule has 5 nitrogen and oxygen atoms in total. The summed E-state index contributed by atoms with van der Waals surface area (Å²) in [5, 5.41) is 3.61. The molecule has 2 atom stereocenters. The summed E-state index contributed by atoms with van der Waals surface area (Å²) < 4.78 is 18.8. The second-order valence-corrected chi connectivity index (χ2v) is 7.85. The highest BCUT2D eigenvalue weighted by Gasteiger charge is 2.27. The Morgan fingerprint density at radius 3 is 2.40 bits per heavy atom. The third-order valence-corrected chi connectivity index (χ3v) is 5.21. The van der Waals surface area contributed by atoms with E-state index in [9.17, 15) is 14.0 Å². The first-order valence-corrected chi connectivity index (χ1v) is 10.4. The van der Waals surface area contributed by atoms with Crippen molar-refractivity contribution in [2.75, 3.05) is 6.61 Å². The van der Waals surface area contributed by atoms with Crippen LogP contribution in [0.15, 0.2) is 42.5 Å². The van der Waals surface area contributed by atoms with Crippen LogP contribution < -0.4 is 10.1 Å². The predicted octanol–water partition coefficient (Wildman–Crippen LogP) is 4.84. The standard InChI is InChI=1S/C22H25Cl2FN2O3/c1-4-14(2)26-22(29)15(3)27(12-16-5-8-18(25)9-6-16)21(28)13-30-20-10-7-17(23)11-19(20)24/h5-11,14-15H,4,12-13H2,1-3H3,(H,26,29)/t14-,15-/m0/s1. The number of carbonyl (C=O) groups is 2. The molecule has 2 aromatic rings. The van der Waals surface area contributed by atoms with Gasteiger partial charge in [0.15, 0.2) is 6.61 Å². The van der Waals surface area contributed by atoms with Gasteiger partial charge >= 0.3 is 0 Å². The Kier molecular flexibility index (Phi) is 8.93. The lowest BCUT2D eigenvalue weighted by Gasteiger charge is -2.29. The van der Waals surface area contributed by atoms with Crippen molar-refractivity contribution in [3.63, 3.8) is 0 Å². The maximum Gasteiger partial charge on any atom is 0.261 e. The fraction of sp³-hybridized carbons (Fsp3) is 0.364. The van der Waals surface area contributed by atoms with Crippen molar-refractivity contribution >= 4 is 35.0 Å². The van der Waals surface area contributed by atoms with Crippen molar-refractivity contribution in [2.45, 2.75) is 45.8 Å². The molecule has 2 rings (SSSR count). The molecule has 0 saturated heterocycles. The molecule has 0 unspecified atom stereocenters. The van der Waals surface area contributed by atoms with E-state index >= 15 is 0 Å². The lowest BCUT2D eigenvalue weighted by Crippen LogP contribution is -2.50. The number of ether oxygens (including phenoxy) is 1. The monoisotopic (exact) mass is 454 g/mol. The molecule has 0 aliphatic rings. The van der Waals surface area contributed by atoms with Crippen molar-refractivity contribution in [1.29, 1.82) is 0 Å². The minimum absolute atomic E-state index is 0.0214. The normalized spacial score (nSPS) is 12.7. The summed E-state index contributed by atoms with van der Waals surface area (Å²) in [6.45, 7) is 5.31. The fourth-order valence-corrected chi connectivity index (χ4v) is 3.11. The van der Waals surface area contributed by atoms with E-state index in [-0.39, 0.29) is 35.9 Å². The molecular weight excluding hydrogens is 430 g/mol. The number of rotatable bonds is 9. The van der Waals surface area contributed by atoms with Crippen LogP contribution in [0.2, 0.25) is 10.0 Å². The maximum atomic E-state index is 13.2. The first-order valence-electron chi connectivity index (χ1n) is 9.63. The first-order chi connectivity index (χ1) is 14.2. The highest BCUT2D eigenvalue weighted by molar-refractivity contribution is 6.35. The van der Waals surface area contributed by atoms with E-state index < -0.39 is 11.9 Å². The van der Waals surface area contributed by atoms with Gasteiger partial charge in [-0.1, -0.05) is 42.3 Å². The largest absolute Gasteiger partial charge is 0.482 e. The number of hydrogen-bond acceptors (Lipinski definition) is 3. The Balaban J connectivity index is 2.16. The van der Waals surface area contributed by atoms with Gasteiger partial charge in [0.05, 0.1) is 5.02 Å². The van der Waals surface area contributed by atoms with Crippen molar-refractivity contribution < 1.29 is 18.7 Å². The molecule has 162 valence electrons. The molecule has 0 saturated carbocycles. The molecular formula is C22H25Cl2FN2O3. The Morgan fingerprint density at radius 1 is 1.13 bits per heavy atom. The van der Waals surface area contributed by atoms with Gasteiger partial charge in [-0.25, -0.2) is 4.39 Å². The average Bonchev–Trinajstić information content (AvgIpc) is 2.71. The average molecular weight is 455 g/mol. The SMILES string of the molecule is CC[C@H](C)NC(=O)[C@H](C)N(Cc1ccc(F)cc1)C(=O)COc1ccc(Cl)cc1Cl. The zero-order valence-electron chi connectivity index (χ0n) is 17.1. The van der Waals surface area contributed by atoms with Crippen LogP contribution in [0.25, 0.3) is 0 Å². The quantitative estimate of drug-likeness (QED) is 0.589. The summed E-state index contributed by atoms with van der Waals surface area (Å²) in [5.74, 6) is -0.741. The van der Waals surface area contributed by atoms with Crippen LogP contribution in [0.1, 0.15) is 32.8 Å². The first kappa shape index (κ1) is 24.0. The Bertz CT molecular complexity index is 877. The van der Waals surface area contributed by atoms with Crippen molar-refractivity contribution in [2.24, 2.45) is 0 Å². The fourth-order valence-electron chi connectivity index (χ4n) is 2.65. The second-order valence-electron chi connectivity index (χ2n) is 7.01. The number of hydrogen-bond donors (Lipinski definition) is 1. The molecule has 0 bridgehead atoms. The minimum atomic E-state index is -0.749. The Morgan fingerprint density at radius 2 is 1.80 bits per heavy atom. The molecule has 0 aromatic heterocycles. The van der Waals surface area contributed by atoms with Gasteiger partial charge in [0.2, 0.25) is 5.91 Å². The van der Waals surface area contributed by atoms with Crippen molar-refractivity contribution in [3.05, 3.63) is 63.9 Å². The van der Waals surface area contributed by atoms with Gasteiger partial charge in [-0.2, -0.15) is 0 Å². The van der Waals surface area contributed by atoms with E-state index in [4.69, 9.17) is 27.9 Å². The van der Waals surface area contributed by atoms with Crippen LogP contribution in [0.5, 0.6) is 5.75 Å². The Hall–Kier alpha value is -2.31. The minimum Gasteiger partial charge on any atom is -0.482 e. The van der Waals surface area contributed by atoms with E-state index in [2.05, 4.69) is 5.32 Å². The molecule has 0 aliphatic carbocycles. The van der Waals surface area contributed by atoms with Crippen LogP contribution in [-0.2, 0) is 16.1 Å². The maximum absolute atomic E-state index is 13.2. The third kappa shape index (κ3) is 6.89. The summed E-state index contributed by atoms with van der Waals surface area (Å²) in [5.41, 5.74) is 0.692. The van der Waals surface area contributed by atoms with Gasteiger partial charge in [-0.3, -0.25) is 9.59 Å². The van der Waals surface area contributed by atoms with Gasteiger partial charge < -0.3 is 15.0 Å². The van der Waals surface area contributed by atoms with Crippen LogP contribution in [0, 0.1) is 5.82 Å². The summed E-state index contributed by atoms with van der Waals surface area (Å²) in [6.07, 6.45) is 0.766. The predicted molar refractivity (Wildman–Crippen MR) is 116 cm³/mol. The molecule has 2 aromatic carbocycles. The Labute approximate surface area is 186 Å². The van der Waals surface area contributed by atoms with Gasteiger partial charge in [-0.05, 0) is 56.2 Å². The zero-order valence-corrected chi connectivity index (χ0v) is 18.6. The molecule has 0 heterocycles. The highest BCUT2D eigenvalue weighted by Crippen LogP contribution is 2.27. The smallest absolute Gasteiger partial charge is 0.261 e. The van der Waals surface area contributed by atoms with E-state index in [1.807, 2.05) is 13.8 Å². The number of nitrogens with one attached hydrogen (secondary N) is 1. The van der Waals surface area contributed by atoms with Crippen molar-refractivity contribution in [1.82, 2.24) is 10.2 Å². The van der Waals surface area contributed by atoms with E-state index in [0.29, 0.717) is 16.3 Å². The number of amides is 2. The molecule has 0 spiro atoms. The topological polar surface area (TPSA) is 58.6 Å². The van der Waals surface area contributed by atoms with Crippen LogP contribution in [-0.4, -0.2) is 35.4 Å². The molecule has 0 radical (unpaired) electrons. The molecule has 8 heteroatoms. The lowest BCUT2D eigenvalue weighted by molar-refractivity contribution is -0.142. The van der Waals surface area contributed by atoms with Gasteiger partial charge in [0, 0.05) is 17.6 Å². The van der Waals surface area contributed by atoms with E-state index in [1.165, 1.54) is 23.1 Å². The van der Waals surface area contributed by atoms with E-state index in [0.717, 1.165) is 6.42 Å². The zero-order chi connectivity index (χ0) is 22.3. The van der Waals surface area contributed by atoms with E-state index in [1.54, 1.807) is 31.2 Å². The summed E-state index contributed by atoms with van der Waals surface area (Å²) in [7, 11) is 0. The van der Waals surface area contributed by atoms with Gasteiger partial charge in [0.1, 0.15) is 17.6 Å². The van der Waals surface area contributed by atoms with Gasteiger partial charge in [-0.15, -0.1) is 0 Å². The van der Waals surface area contributed by atoms with Gasteiger partial charge in [0.25, 0.3) is 5.91 Å². The molecule has 2 amide bonds. The lowest BCUT2D eigenvalue weighted by atomic mass is 10.1. The molecule has 0 fully saturated rings. The summed E-state index contributed by atoms with van der Waals surface area (Å²) in [6, 6.07) is 9.69. The molecule has 0 aliphatic heterocycles. The van der Waals surface area contributed by atoms with Crippen LogP contribution >= 0.6 is 23.2 Å². The number of nitrogens with zero attached hydrogens (tertiary/aromatic N) is 1. The molecule has 1 N–H and O–H groups in total. The second kappa shape index (κ2) is 11.2. The van der Waals surface area contributed by atoms with Crippen LogP contribution in [0.4, 0.5) is 4.39 Å². The summed E-state index contributed by atoms with van der Waals surface area (Å²) >= 11 is 12.0.